The topological polar surface area (TPSA) is 34.2 Å². The van der Waals surface area contributed by atoms with Crippen molar-refractivity contribution in [3.05, 3.63) is 38.5 Å². The van der Waals surface area contributed by atoms with Gasteiger partial charge in [-0.15, -0.1) is 0 Å². The molecule has 0 aliphatic rings. The Morgan fingerprint density at radius 1 is 1.50 bits per heavy atom. The van der Waals surface area contributed by atoms with E-state index in [4.69, 9.17) is 16.3 Å². The van der Waals surface area contributed by atoms with Crippen molar-refractivity contribution in [3.8, 4) is 5.75 Å². The van der Waals surface area contributed by atoms with Crippen molar-refractivity contribution < 1.29 is 9.13 Å². The summed E-state index contributed by atoms with van der Waals surface area (Å²) >= 11 is 10.5. The van der Waals surface area contributed by atoms with E-state index >= 15 is 0 Å². The van der Waals surface area contributed by atoms with Crippen LogP contribution in [0, 0.1) is 5.82 Å². The van der Waals surface area contributed by atoms with E-state index in [1.54, 1.807) is 6.20 Å². The fourth-order valence-corrected chi connectivity index (χ4v) is 2.96. The van der Waals surface area contributed by atoms with Crippen molar-refractivity contribution in [3.63, 3.8) is 0 Å². The average molecular weight is 380 g/mol. The zero-order valence-electron chi connectivity index (χ0n) is 10.8. The molecule has 0 aliphatic carbocycles. The van der Waals surface area contributed by atoms with E-state index < -0.39 is 5.82 Å². The van der Waals surface area contributed by atoms with Crippen molar-refractivity contribution in [2.75, 3.05) is 11.9 Å². The molecular formula is C13H13BrClFN2OS. The van der Waals surface area contributed by atoms with Gasteiger partial charge in [0.15, 0.2) is 5.13 Å². The maximum Gasteiger partial charge on any atom is 0.182 e. The zero-order valence-corrected chi connectivity index (χ0v) is 13.9. The van der Waals surface area contributed by atoms with Gasteiger partial charge in [-0.1, -0.05) is 29.9 Å². The van der Waals surface area contributed by atoms with Gasteiger partial charge in [0.25, 0.3) is 0 Å². The average Bonchev–Trinajstić information content (AvgIpc) is 2.87. The van der Waals surface area contributed by atoms with Gasteiger partial charge in [-0.05, 0) is 28.4 Å². The van der Waals surface area contributed by atoms with E-state index in [0.29, 0.717) is 16.8 Å². The summed E-state index contributed by atoms with van der Waals surface area (Å²) in [5.41, 5.74) is 0. The largest absolute Gasteiger partial charge is 0.487 e. The molecule has 3 nitrogen and oxygen atoms in total. The van der Waals surface area contributed by atoms with Gasteiger partial charge in [-0.25, -0.2) is 9.37 Å². The maximum absolute atomic E-state index is 13.4. The molecule has 0 spiro atoms. The molecule has 0 saturated heterocycles. The molecule has 0 fully saturated rings. The first-order valence-corrected chi connectivity index (χ1v) is 8.04. The normalized spacial score (nSPS) is 10.6. The lowest BCUT2D eigenvalue weighted by atomic mass is 10.3. The number of hydrogen-bond donors (Lipinski definition) is 1. The van der Waals surface area contributed by atoms with Gasteiger partial charge in [-0.2, -0.15) is 0 Å². The lowest BCUT2D eigenvalue weighted by Crippen LogP contribution is -1.98. The molecule has 7 heteroatoms. The van der Waals surface area contributed by atoms with Gasteiger partial charge in [0.1, 0.15) is 18.2 Å². The number of thiazole rings is 1. The van der Waals surface area contributed by atoms with Crippen LogP contribution in [0.15, 0.2) is 22.8 Å². The van der Waals surface area contributed by atoms with Gasteiger partial charge >= 0.3 is 0 Å². The minimum absolute atomic E-state index is 0.0630. The summed E-state index contributed by atoms with van der Waals surface area (Å²) in [6.45, 7) is 3.32. The van der Waals surface area contributed by atoms with Crippen LogP contribution in [0.1, 0.15) is 18.2 Å². The predicted molar refractivity (Wildman–Crippen MR) is 84.3 cm³/mol. The summed E-state index contributed by atoms with van der Waals surface area (Å²) in [7, 11) is 0. The molecule has 0 radical (unpaired) electrons. The second kappa shape index (κ2) is 7.24. The first kappa shape index (κ1) is 15.5. The number of nitrogens with zero attached hydrogens (tertiary/aromatic N) is 1. The molecule has 0 atom stereocenters. The van der Waals surface area contributed by atoms with Crippen molar-refractivity contribution >= 4 is 44.0 Å². The van der Waals surface area contributed by atoms with Crippen LogP contribution in [-0.4, -0.2) is 11.5 Å². The number of halogens is 3. The molecule has 2 aromatic rings. The van der Waals surface area contributed by atoms with Gasteiger partial charge in [0, 0.05) is 18.8 Å². The minimum Gasteiger partial charge on any atom is -0.487 e. The number of anilines is 1. The molecule has 2 rings (SSSR count). The Bertz CT molecular complexity index is 594. The van der Waals surface area contributed by atoms with Crippen LogP contribution < -0.4 is 10.1 Å². The quantitative estimate of drug-likeness (QED) is 0.709. The molecule has 108 valence electrons. The lowest BCUT2D eigenvalue weighted by molar-refractivity contribution is 0.306. The van der Waals surface area contributed by atoms with Gasteiger partial charge in [-0.3, -0.25) is 0 Å². The molecule has 0 bridgehead atoms. The summed E-state index contributed by atoms with van der Waals surface area (Å²) in [5, 5.41) is 4.14. The minimum atomic E-state index is -0.500. The van der Waals surface area contributed by atoms with E-state index in [0.717, 1.165) is 23.0 Å². The van der Waals surface area contributed by atoms with Crippen LogP contribution in [0.3, 0.4) is 0 Å². The van der Waals surface area contributed by atoms with Gasteiger partial charge in [0.05, 0.1) is 14.4 Å². The monoisotopic (exact) mass is 378 g/mol. The number of benzene rings is 1. The number of aromatic nitrogens is 1. The standard InChI is InChI=1S/C13H13BrClFN2OS/c1-2-3-17-13-18-6-8(20-13)7-19-12-5-11(16)10(15)4-9(12)14/h4-6H,2-3,7H2,1H3,(H,17,18). The molecule has 1 aromatic heterocycles. The van der Waals surface area contributed by atoms with E-state index in [1.807, 2.05) is 0 Å². The Kier molecular flexibility index (Phi) is 5.63. The van der Waals surface area contributed by atoms with Crippen molar-refractivity contribution in [1.29, 1.82) is 0 Å². The van der Waals surface area contributed by atoms with E-state index in [-0.39, 0.29) is 5.02 Å². The molecule has 0 aliphatic heterocycles. The highest BCUT2D eigenvalue weighted by molar-refractivity contribution is 9.10. The third kappa shape index (κ3) is 4.07. The fraction of sp³-hybridized carbons (Fsp3) is 0.308. The Morgan fingerprint density at radius 2 is 2.30 bits per heavy atom. The number of nitrogens with one attached hydrogen (secondary N) is 1. The molecule has 1 aromatic carbocycles. The Labute approximate surface area is 134 Å². The van der Waals surface area contributed by atoms with E-state index in [9.17, 15) is 4.39 Å². The molecule has 0 unspecified atom stereocenters. The van der Waals surface area contributed by atoms with Crippen LogP contribution in [0.4, 0.5) is 9.52 Å². The van der Waals surface area contributed by atoms with Crippen LogP contribution in [0.2, 0.25) is 5.02 Å². The number of rotatable bonds is 6. The molecule has 1 N–H and O–H groups in total. The second-order valence-corrected chi connectivity index (χ2v) is 6.42. The SMILES string of the molecule is CCCNc1ncc(COc2cc(F)c(Cl)cc2Br)s1. The smallest absolute Gasteiger partial charge is 0.182 e. The van der Waals surface area contributed by atoms with Crippen molar-refractivity contribution in [2.45, 2.75) is 20.0 Å². The Hall–Kier alpha value is -0.850. The fourth-order valence-electron chi connectivity index (χ4n) is 1.45. The first-order valence-electron chi connectivity index (χ1n) is 6.06. The Balaban J connectivity index is 1.98. The summed E-state index contributed by atoms with van der Waals surface area (Å²) in [6, 6.07) is 2.75. The van der Waals surface area contributed by atoms with Crippen molar-refractivity contribution in [1.82, 2.24) is 4.98 Å². The van der Waals surface area contributed by atoms with Crippen molar-refractivity contribution in [2.24, 2.45) is 0 Å². The van der Waals surface area contributed by atoms with Crippen LogP contribution in [-0.2, 0) is 6.61 Å². The maximum atomic E-state index is 13.4. The molecule has 1 heterocycles. The Morgan fingerprint density at radius 3 is 3.05 bits per heavy atom. The summed E-state index contributed by atoms with van der Waals surface area (Å²) < 4.78 is 19.6. The molecular weight excluding hydrogens is 367 g/mol. The second-order valence-electron chi connectivity index (χ2n) is 4.04. The molecule has 0 saturated carbocycles. The third-order valence-electron chi connectivity index (χ3n) is 2.42. The summed E-state index contributed by atoms with van der Waals surface area (Å²) in [6.07, 6.45) is 2.80. The highest BCUT2D eigenvalue weighted by Crippen LogP contribution is 2.31. The van der Waals surface area contributed by atoms with Crippen LogP contribution in [0.25, 0.3) is 0 Å². The zero-order chi connectivity index (χ0) is 14.5. The highest BCUT2D eigenvalue weighted by Gasteiger charge is 2.09. The highest BCUT2D eigenvalue weighted by atomic mass is 79.9. The van der Waals surface area contributed by atoms with Gasteiger partial charge in [0.2, 0.25) is 0 Å². The first-order chi connectivity index (χ1) is 9.60. The van der Waals surface area contributed by atoms with E-state index in [2.05, 4.69) is 33.2 Å². The predicted octanol–water partition coefficient (Wildman–Crippen LogP) is 5.10. The number of ether oxygens (including phenoxy) is 1. The van der Waals surface area contributed by atoms with Crippen LogP contribution >= 0.6 is 38.9 Å². The lowest BCUT2D eigenvalue weighted by Gasteiger charge is -2.07. The summed E-state index contributed by atoms with van der Waals surface area (Å²) in [4.78, 5) is 5.20. The number of hydrogen-bond acceptors (Lipinski definition) is 4. The van der Waals surface area contributed by atoms with Gasteiger partial charge < -0.3 is 10.1 Å². The molecule has 0 amide bonds. The van der Waals surface area contributed by atoms with E-state index in [1.165, 1.54) is 23.5 Å². The van der Waals surface area contributed by atoms with Crippen LogP contribution in [0.5, 0.6) is 5.75 Å². The molecule has 20 heavy (non-hydrogen) atoms. The summed E-state index contributed by atoms with van der Waals surface area (Å²) in [5.74, 6) is -0.0807. The third-order valence-corrected chi connectivity index (χ3v) is 4.26.